The van der Waals surface area contributed by atoms with Crippen molar-refractivity contribution in [3.8, 4) is 0 Å². The van der Waals surface area contributed by atoms with Crippen LogP contribution in [0.4, 0.5) is 0 Å². The summed E-state index contributed by atoms with van der Waals surface area (Å²) in [7, 11) is 2.08. The van der Waals surface area contributed by atoms with Gasteiger partial charge in [-0.1, -0.05) is 11.6 Å². The van der Waals surface area contributed by atoms with Crippen molar-refractivity contribution in [1.82, 2.24) is 24.9 Å². The summed E-state index contributed by atoms with van der Waals surface area (Å²) in [6, 6.07) is 2.11. The second kappa shape index (κ2) is 6.41. The number of aryl methyl sites for hydroxylation is 4. The quantitative estimate of drug-likeness (QED) is 0.891. The van der Waals surface area contributed by atoms with Crippen molar-refractivity contribution in [2.24, 2.45) is 0 Å². The molecule has 0 fully saturated rings. The molecule has 1 N–H and O–H groups in total. The maximum atomic E-state index is 6.17. The number of nitrogens with zero attached hydrogens (tertiary/aromatic N) is 4. The summed E-state index contributed by atoms with van der Waals surface area (Å²) in [5, 5.41) is 12.3. The molecule has 2 aromatic heterocycles. The Morgan fingerprint density at radius 1 is 1.35 bits per heavy atom. The third-order valence-electron chi connectivity index (χ3n) is 3.37. The summed E-state index contributed by atoms with van der Waals surface area (Å²) in [5.74, 6) is 0. The minimum absolute atomic E-state index is 0.746. The zero-order valence-corrected chi connectivity index (χ0v) is 13.3. The molecule has 0 aliphatic rings. The van der Waals surface area contributed by atoms with Crippen LogP contribution in [0.3, 0.4) is 0 Å². The van der Waals surface area contributed by atoms with E-state index in [1.54, 1.807) is 0 Å². The molecule has 2 rings (SSSR count). The topological polar surface area (TPSA) is 49.7 Å². The van der Waals surface area contributed by atoms with Gasteiger partial charge in [0.1, 0.15) is 0 Å². The molecule has 0 bridgehead atoms. The highest BCUT2D eigenvalue weighted by atomic mass is 35.5. The van der Waals surface area contributed by atoms with Crippen LogP contribution >= 0.6 is 11.6 Å². The Labute approximate surface area is 124 Å². The molecule has 0 aliphatic heterocycles. The molecular formula is C14H22ClN5. The van der Waals surface area contributed by atoms with Crippen LogP contribution < -0.4 is 0 Å². The Morgan fingerprint density at radius 2 is 2.10 bits per heavy atom. The van der Waals surface area contributed by atoms with Gasteiger partial charge in [0, 0.05) is 25.3 Å². The zero-order valence-electron chi connectivity index (χ0n) is 12.6. The summed E-state index contributed by atoms with van der Waals surface area (Å²) < 4.78 is 2.06. The van der Waals surface area contributed by atoms with E-state index in [0.29, 0.717) is 0 Å². The van der Waals surface area contributed by atoms with E-state index in [1.165, 1.54) is 5.69 Å². The van der Waals surface area contributed by atoms with Crippen molar-refractivity contribution in [1.29, 1.82) is 0 Å². The van der Waals surface area contributed by atoms with E-state index in [1.807, 2.05) is 13.8 Å². The fourth-order valence-corrected chi connectivity index (χ4v) is 2.44. The van der Waals surface area contributed by atoms with Gasteiger partial charge in [-0.2, -0.15) is 10.2 Å². The van der Waals surface area contributed by atoms with Crippen molar-refractivity contribution in [3.63, 3.8) is 0 Å². The molecule has 0 aromatic carbocycles. The molecule has 0 aliphatic carbocycles. The standard InChI is InChI=1S/C14H22ClN5/c1-10-8-11(2)20(18-10)7-5-6-19(4)9-13-14(15)12(3)16-17-13/h8H,5-7,9H2,1-4H3,(H,16,17). The van der Waals surface area contributed by atoms with Gasteiger partial charge < -0.3 is 4.90 Å². The molecule has 0 unspecified atom stereocenters. The normalized spacial score (nSPS) is 11.5. The molecule has 2 aromatic rings. The average Bonchev–Trinajstić information content (AvgIpc) is 2.86. The molecule has 2 heterocycles. The average molecular weight is 296 g/mol. The van der Waals surface area contributed by atoms with E-state index in [-0.39, 0.29) is 0 Å². The SMILES string of the molecule is Cc1cc(C)n(CCCN(C)Cc2n[nH]c(C)c2Cl)n1. The number of hydrogen-bond donors (Lipinski definition) is 1. The number of hydrogen-bond acceptors (Lipinski definition) is 3. The first-order valence-corrected chi connectivity index (χ1v) is 7.24. The van der Waals surface area contributed by atoms with Gasteiger partial charge in [-0.25, -0.2) is 0 Å². The smallest absolute Gasteiger partial charge is 0.0951 e. The Bertz CT molecular complexity index is 572. The number of aromatic amines is 1. The Morgan fingerprint density at radius 3 is 2.65 bits per heavy atom. The maximum absolute atomic E-state index is 6.17. The second-order valence-electron chi connectivity index (χ2n) is 5.35. The predicted octanol–water partition coefficient (Wildman–Crippen LogP) is 2.71. The van der Waals surface area contributed by atoms with Crippen LogP contribution in [-0.4, -0.2) is 38.5 Å². The van der Waals surface area contributed by atoms with Gasteiger partial charge in [-0.05, 0) is 40.3 Å². The summed E-state index contributed by atoms with van der Waals surface area (Å²) in [6.45, 7) is 8.74. The highest BCUT2D eigenvalue weighted by molar-refractivity contribution is 6.31. The van der Waals surface area contributed by atoms with Crippen molar-refractivity contribution in [3.05, 3.63) is 33.9 Å². The molecule has 0 saturated carbocycles. The van der Waals surface area contributed by atoms with Crippen molar-refractivity contribution in [2.45, 2.75) is 40.3 Å². The number of aromatic nitrogens is 4. The Balaban J connectivity index is 1.79. The van der Waals surface area contributed by atoms with Crippen LogP contribution in [0.15, 0.2) is 6.07 Å². The van der Waals surface area contributed by atoms with Crippen LogP contribution in [-0.2, 0) is 13.1 Å². The van der Waals surface area contributed by atoms with Crippen molar-refractivity contribution < 1.29 is 0 Å². The minimum atomic E-state index is 0.746. The first-order chi connectivity index (χ1) is 9.47. The van der Waals surface area contributed by atoms with E-state index in [2.05, 4.69) is 44.9 Å². The number of H-pyrrole nitrogens is 1. The first-order valence-electron chi connectivity index (χ1n) is 6.86. The lowest BCUT2D eigenvalue weighted by Gasteiger charge is -2.15. The largest absolute Gasteiger partial charge is 0.300 e. The number of halogens is 1. The van der Waals surface area contributed by atoms with Crippen molar-refractivity contribution in [2.75, 3.05) is 13.6 Å². The first kappa shape index (κ1) is 15.1. The predicted molar refractivity (Wildman–Crippen MR) is 81.0 cm³/mol. The van der Waals surface area contributed by atoms with Crippen LogP contribution in [0.1, 0.15) is 29.2 Å². The molecule has 0 saturated heterocycles. The summed E-state index contributed by atoms with van der Waals surface area (Å²) in [6.07, 6.45) is 1.06. The molecule has 6 heteroatoms. The van der Waals surface area contributed by atoms with Gasteiger partial charge in [0.25, 0.3) is 0 Å². The third-order valence-corrected chi connectivity index (χ3v) is 3.88. The van der Waals surface area contributed by atoms with E-state index in [4.69, 9.17) is 11.6 Å². The van der Waals surface area contributed by atoms with Gasteiger partial charge in [0.05, 0.1) is 22.1 Å². The van der Waals surface area contributed by atoms with Crippen LogP contribution in [0.5, 0.6) is 0 Å². The fourth-order valence-electron chi connectivity index (χ4n) is 2.30. The van der Waals surface area contributed by atoms with Crippen LogP contribution in [0.25, 0.3) is 0 Å². The monoisotopic (exact) mass is 295 g/mol. The minimum Gasteiger partial charge on any atom is -0.300 e. The van der Waals surface area contributed by atoms with E-state index in [9.17, 15) is 0 Å². The van der Waals surface area contributed by atoms with Crippen molar-refractivity contribution >= 4 is 11.6 Å². The maximum Gasteiger partial charge on any atom is 0.0951 e. The lowest BCUT2D eigenvalue weighted by atomic mass is 10.3. The number of nitrogens with one attached hydrogen (secondary N) is 1. The summed E-state index contributed by atoms with van der Waals surface area (Å²) in [4.78, 5) is 2.23. The zero-order chi connectivity index (χ0) is 14.7. The third kappa shape index (κ3) is 3.61. The lowest BCUT2D eigenvalue weighted by molar-refractivity contribution is 0.307. The second-order valence-corrected chi connectivity index (χ2v) is 5.73. The van der Waals surface area contributed by atoms with E-state index in [0.717, 1.165) is 48.2 Å². The lowest BCUT2D eigenvalue weighted by Crippen LogP contribution is -2.21. The molecular weight excluding hydrogens is 274 g/mol. The summed E-state index contributed by atoms with van der Waals surface area (Å²) in [5.41, 5.74) is 4.14. The van der Waals surface area contributed by atoms with Crippen LogP contribution in [0.2, 0.25) is 5.02 Å². The Kier molecular flexibility index (Phi) is 4.83. The van der Waals surface area contributed by atoms with Crippen LogP contribution in [0, 0.1) is 20.8 Å². The molecule has 0 radical (unpaired) electrons. The highest BCUT2D eigenvalue weighted by Gasteiger charge is 2.10. The van der Waals surface area contributed by atoms with Gasteiger partial charge in [0.2, 0.25) is 0 Å². The van der Waals surface area contributed by atoms with Gasteiger partial charge in [0.15, 0.2) is 0 Å². The molecule has 0 spiro atoms. The van der Waals surface area contributed by atoms with Gasteiger partial charge in [-0.15, -0.1) is 0 Å². The molecule has 0 amide bonds. The Hall–Kier alpha value is -1.33. The summed E-state index contributed by atoms with van der Waals surface area (Å²) >= 11 is 6.17. The van der Waals surface area contributed by atoms with E-state index < -0.39 is 0 Å². The molecule has 20 heavy (non-hydrogen) atoms. The van der Waals surface area contributed by atoms with Gasteiger partial charge >= 0.3 is 0 Å². The van der Waals surface area contributed by atoms with Gasteiger partial charge in [-0.3, -0.25) is 9.78 Å². The highest BCUT2D eigenvalue weighted by Crippen LogP contribution is 2.18. The molecule has 110 valence electrons. The molecule has 5 nitrogen and oxygen atoms in total. The van der Waals surface area contributed by atoms with E-state index >= 15 is 0 Å². The molecule has 0 atom stereocenters. The number of rotatable bonds is 6. The fraction of sp³-hybridized carbons (Fsp3) is 0.571.